The monoisotopic (exact) mass is 599 g/mol. The molecule has 1 aromatic heterocycles. The number of ether oxygens (including phenoxy) is 2. The predicted octanol–water partition coefficient (Wildman–Crippen LogP) is 1.93. The van der Waals surface area contributed by atoms with Gasteiger partial charge in [-0.25, -0.2) is 0 Å². The summed E-state index contributed by atoms with van der Waals surface area (Å²) in [6, 6.07) is 7.00. The number of piperazine rings is 1. The van der Waals surface area contributed by atoms with Gasteiger partial charge in [-0.2, -0.15) is 0 Å². The van der Waals surface area contributed by atoms with Crippen LogP contribution in [-0.4, -0.2) is 116 Å². The van der Waals surface area contributed by atoms with E-state index in [1.165, 1.54) is 6.42 Å². The van der Waals surface area contributed by atoms with Gasteiger partial charge in [0.25, 0.3) is 5.91 Å². The van der Waals surface area contributed by atoms with Crippen molar-refractivity contribution in [1.29, 1.82) is 0 Å². The van der Waals surface area contributed by atoms with Crippen LogP contribution in [0.2, 0.25) is 0 Å². The Kier molecular flexibility index (Phi) is 12.4. The van der Waals surface area contributed by atoms with Gasteiger partial charge in [0.15, 0.2) is 0 Å². The van der Waals surface area contributed by atoms with Crippen LogP contribution >= 0.6 is 0 Å². The van der Waals surface area contributed by atoms with E-state index < -0.39 is 6.04 Å². The number of hydrogen-bond donors (Lipinski definition) is 3. The number of aliphatic hydroxyl groups excluding tert-OH is 1. The molecule has 3 amide bonds. The molecule has 1 unspecified atom stereocenters. The van der Waals surface area contributed by atoms with Crippen LogP contribution in [0.4, 0.5) is 0 Å². The maximum Gasteiger partial charge on any atom is 0.253 e. The molecule has 1 aromatic carbocycles. The van der Waals surface area contributed by atoms with Crippen molar-refractivity contribution >= 4 is 28.6 Å². The van der Waals surface area contributed by atoms with Crippen LogP contribution in [0.25, 0.3) is 10.9 Å². The average Bonchev–Trinajstić information content (AvgIpc) is 3.36. The Morgan fingerprint density at radius 2 is 1.63 bits per heavy atom. The predicted molar refractivity (Wildman–Crippen MR) is 165 cm³/mol. The number of nitrogens with zero attached hydrogens (tertiary/aromatic N) is 3. The van der Waals surface area contributed by atoms with Crippen molar-refractivity contribution in [2.75, 3.05) is 66.3 Å². The molecule has 0 spiro atoms. The summed E-state index contributed by atoms with van der Waals surface area (Å²) in [4.78, 5) is 43.5. The molecule has 0 radical (unpaired) electrons. The number of likely N-dealkylation sites (N-methyl/N-ethyl adjacent to an activating group) is 1. The fraction of sp³-hybridized carbons (Fsp3) is 0.656. The number of nitrogens with one attached hydrogen (secondary N) is 2. The molecule has 2 atom stereocenters. The smallest absolute Gasteiger partial charge is 0.253 e. The molecule has 1 aliphatic carbocycles. The first-order valence-electron chi connectivity index (χ1n) is 15.8. The molecule has 11 heteroatoms. The molecule has 43 heavy (non-hydrogen) atoms. The number of amides is 3. The maximum atomic E-state index is 13.7. The highest BCUT2D eigenvalue weighted by atomic mass is 16.5. The number of benzene rings is 1. The zero-order valence-corrected chi connectivity index (χ0v) is 26.0. The molecule has 2 aliphatic rings. The van der Waals surface area contributed by atoms with E-state index in [9.17, 15) is 14.4 Å². The molecular weight excluding hydrogens is 550 g/mol. The molecule has 1 saturated heterocycles. The van der Waals surface area contributed by atoms with E-state index in [0.29, 0.717) is 64.7 Å². The number of aromatic nitrogens is 1. The fourth-order valence-corrected chi connectivity index (χ4v) is 6.15. The third-order valence-corrected chi connectivity index (χ3v) is 8.81. The van der Waals surface area contributed by atoms with Crippen molar-refractivity contribution in [3.63, 3.8) is 0 Å². The second-order valence-corrected chi connectivity index (χ2v) is 11.7. The van der Waals surface area contributed by atoms with E-state index in [1.54, 1.807) is 14.0 Å². The first-order chi connectivity index (χ1) is 20.8. The van der Waals surface area contributed by atoms with Gasteiger partial charge in [-0.15, -0.1) is 0 Å². The zero-order valence-electron chi connectivity index (χ0n) is 26.0. The van der Waals surface area contributed by atoms with Crippen LogP contribution in [-0.2, 0) is 25.6 Å². The van der Waals surface area contributed by atoms with Crippen molar-refractivity contribution in [3.8, 4) is 0 Å². The lowest BCUT2D eigenvalue weighted by Crippen LogP contribution is -2.59. The summed E-state index contributed by atoms with van der Waals surface area (Å²) < 4.78 is 13.1. The Labute approximate surface area is 254 Å². The highest BCUT2D eigenvalue weighted by molar-refractivity contribution is 5.98. The average molecular weight is 600 g/mol. The topological polar surface area (TPSA) is 125 Å². The van der Waals surface area contributed by atoms with Gasteiger partial charge in [-0.3, -0.25) is 14.4 Å². The largest absolute Gasteiger partial charge is 0.394 e. The standard InChI is InChI=1S/C32H49N5O6/c1-23-21-27-22-26(9-10-28(27)37(23)15-17-42-19-20-43-18-16-38)31(40)35-11-13-36(14-12-35)32(41)29(25-7-5-4-6-8-25)34-30(39)24(2)33-3/h9-10,21-22,24-25,29,33,38H,4-8,11-20H2,1-3H3,(H,34,39)/t24-,29?/m0/s1. The molecule has 2 fully saturated rings. The molecule has 2 aromatic rings. The zero-order chi connectivity index (χ0) is 30.8. The normalized spacial score (nSPS) is 17.7. The summed E-state index contributed by atoms with van der Waals surface area (Å²) >= 11 is 0. The van der Waals surface area contributed by atoms with Crippen LogP contribution in [0.3, 0.4) is 0 Å². The Morgan fingerprint density at radius 1 is 0.953 bits per heavy atom. The SMILES string of the molecule is CN[C@@H](C)C(=O)NC(C(=O)N1CCN(C(=O)c2ccc3c(c2)cc(C)n3CCOCCOCCO)CC1)C1CCCCC1. The number of aryl methyl sites for hydroxylation is 1. The number of carbonyl (C=O) groups excluding carboxylic acids is 3. The van der Waals surface area contributed by atoms with Crippen molar-refractivity contribution in [3.05, 3.63) is 35.5 Å². The fourth-order valence-electron chi connectivity index (χ4n) is 6.15. The molecule has 3 N–H and O–H groups in total. The van der Waals surface area contributed by atoms with Gasteiger partial charge in [0.1, 0.15) is 6.04 Å². The summed E-state index contributed by atoms with van der Waals surface area (Å²) in [5.74, 6) is -0.0777. The third-order valence-electron chi connectivity index (χ3n) is 8.81. The lowest BCUT2D eigenvalue weighted by Gasteiger charge is -2.39. The van der Waals surface area contributed by atoms with Crippen LogP contribution in [0.1, 0.15) is 55.1 Å². The lowest BCUT2D eigenvalue weighted by atomic mass is 9.83. The van der Waals surface area contributed by atoms with Crippen molar-refractivity contribution in [1.82, 2.24) is 25.0 Å². The summed E-state index contributed by atoms with van der Waals surface area (Å²) in [5, 5.41) is 15.8. The van der Waals surface area contributed by atoms with Crippen molar-refractivity contribution < 1.29 is 29.0 Å². The first-order valence-corrected chi connectivity index (χ1v) is 15.8. The maximum absolute atomic E-state index is 13.7. The van der Waals surface area contributed by atoms with Crippen LogP contribution in [0, 0.1) is 12.8 Å². The molecule has 2 heterocycles. The molecule has 1 aliphatic heterocycles. The van der Waals surface area contributed by atoms with E-state index in [4.69, 9.17) is 14.6 Å². The van der Waals surface area contributed by atoms with Crippen LogP contribution < -0.4 is 10.6 Å². The second-order valence-electron chi connectivity index (χ2n) is 11.7. The van der Waals surface area contributed by atoms with E-state index >= 15 is 0 Å². The summed E-state index contributed by atoms with van der Waals surface area (Å²) in [7, 11) is 1.74. The molecule has 238 valence electrons. The van der Waals surface area contributed by atoms with Gasteiger partial charge in [0.2, 0.25) is 11.8 Å². The number of carbonyl (C=O) groups is 3. The number of aliphatic hydroxyl groups is 1. The minimum absolute atomic E-state index is 0.00744. The lowest BCUT2D eigenvalue weighted by molar-refractivity contribution is -0.140. The Balaban J connectivity index is 1.33. The van der Waals surface area contributed by atoms with Gasteiger partial charge in [0.05, 0.1) is 39.1 Å². The van der Waals surface area contributed by atoms with E-state index in [2.05, 4.69) is 21.3 Å². The summed E-state index contributed by atoms with van der Waals surface area (Å²) in [5.41, 5.74) is 2.78. The minimum Gasteiger partial charge on any atom is -0.394 e. The minimum atomic E-state index is -0.523. The van der Waals surface area contributed by atoms with Crippen LogP contribution in [0.5, 0.6) is 0 Å². The number of rotatable bonds is 14. The van der Waals surface area contributed by atoms with E-state index in [1.807, 2.05) is 34.9 Å². The molecule has 1 saturated carbocycles. The Hall–Kier alpha value is -2.99. The Bertz CT molecular complexity index is 1220. The molecule has 4 rings (SSSR count). The molecule has 11 nitrogen and oxygen atoms in total. The first kappa shape index (κ1) is 32.9. The number of fused-ring (bicyclic) bond motifs is 1. The van der Waals surface area contributed by atoms with Crippen molar-refractivity contribution in [2.45, 2.75) is 64.6 Å². The van der Waals surface area contributed by atoms with Gasteiger partial charge < -0.3 is 39.6 Å². The van der Waals surface area contributed by atoms with Gasteiger partial charge in [0, 0.05) is 54.9 Å². The van der Waals surface area contributed by atoms with E-state index in [0.717, 1.165) is 42.3 Å². The molecule has 0 bridgehead atoms. The quantitative estimate of drug-likeness (QED) is 0.284. The third kappa shape index (κ3) is 8.56. The highest BCUT2D eigenvalue weighted by Crippen LogP contribution is 2.28. The number of hydrogen-bond acceptors (Lipinski definition) is 7. The van der Waals surface area contributed by atoms with E-state index in [-0.39, 0.29) is 36.3 Å². The summed E-state index contributed by atoms with van der Waals surface area (Å²) in [6.45, 7) is 8.14. The highest BCUT2D eigenvalue weighted by Gasteiger charge is 2.36. The molecular formula is C32H49N5O6. The second kappa shape index (κ2) is 16.2. The Morgan fingerprint density at radius 3 is 2.30 bits per heavy atom. The van der Waals surface area contributed by atoms with Crippen molar-refractivity contribution in [2.24, 2.45) is 5.92 Å². The summed E-state index contributed by atoms with van der Waals surface area (Å²) in [6.07, 6.45) is 5.22. The van der Waals surface area contributed by atoms with Gasteiger partial charge in [-0.05, 0) is 63.9 Å². The van der Waals surface area contributed by atoms with Crippen LogP contribution in [0.15, 0.2) is 24.3 Å². The van der Waals surface area contributed by atoms with Gasteiger partial charge in [-0.1, -0.05) is 19.3 Å². The van der Waals surface area contributed by atoms with Gasteiger partial charge >= 0.3 is 0 Å².